The predicted molar refractivity (Wildman–Crippen MR) is 76.9 cm³/mol. The summed E-state index contributed by atoms with van der Waals surface area (Å²) in [5, 5.41) is 3.30. The molecule has 7 heteroatoms. The molecule has 0 saturated carbocycles. The zero-order chi connectivity index (χ0) is 16.2. The molecule has 0 aliphatic rings. The monoisotopic (exact) mass is 310 g/mol. The molecular weight excluding hydrogens is 293 g/mol. The predicted octanol–water partition coefficient (Wildman–Crippen LogP) is 3.45. The molecule has 0 unspecified atom stereocenters. The summed E-state index contributed by atoms with van der Waals surface area (Å²) in [4.78, 5) is 12.2. The summed E-state index contributed by atoms with van der Waals surface area (Å²) in [5.74, 6) is 0.317. The van der Waals surface area contributed by atoms with Gasteiger partial charge in [0.25, 0.3) is 0 Å². The summed E-state index contributed by atoms with van der Waals surface area (Å²) in [6.45, 7) is 4.72. The molecule has 1 N–H and O–H groups in total. The molecule has 2 rings (SSSR count). The first-order chi connectivity index (χ1) is 10.4. The van der Waals surface area contributed by atoms with E-state index in [4.69, 9.17) is 0 Å². The molecule has 0 amide bonds. The molecule has 0 aliphatic carbocycles. The van der Waals surface area contributed by atoms with Gasteiger partial charge in [-0.05, 0) is 31.5 Å². The summed E-state index contributed by atoms with van der Waals surface area (Å²) in [5.41, 5.74) is 0.302. The van der Waals surface area contributed by atoms with Gasteiger partial charge in [0, 0.05) is 25.0 Å². The minimum Gasteiger partial charge on any atom is -0.309 e. The third-order valence-corrected chi connectivity index (χ3v) is 3.28. The largest absolute Gasteiger partial charge is 0.417 e. The van der Waals surface area contributed by atoms with Gasteiger partial charge < -0.3 is 5.32 Å². The Morgan fingerprint density at radius 3 is 2.55 bits per heavy atom. The Balaban J connectivity index is 2.15. The van der Waals surface area contributed by atoms with Crippen LogP contribution >= 0.6 is 0 Å². The topological polar surface area (TPSA) is 50.7 Å². The van der Waals surface area contributed by atoms with Crippen molar-refractivity contribution in [3.63, 3.8) is 0 Å². The van der Waals surface area contributed by atoms with Crippen molar-refractivity contribution >= 4 is 0 Å². The second-order valence-corrected chi connectivity index (χ2v) is 4.99. The number of aromatic nitrogens is 3. The van der Waals surface area contributed by atoms with Crippen molar-refractivity contribution in [2.75, 3.05) is 0 Å². The molecule has 0 aliphatic heterocycles. The van der Waals surface area contributed by atoms with Gasteiger partial charge in [0.2, 0.25) is 0 Å². The van der Waals surface area contributed by atoms with Crippen LogP contribution in [0.1, 0.15) is 31.5 Å². The highest BCUT2D eigenvalue weighted by Gasteiger charge is 2.30. The number of nitrogens with zero attached hydrogens (tertiary/aromatic N) is 3. The van der Waals surface area contributed by atoms with Crippen molar-refractivity contribution in [3.05, 3.63) is 41.9 Å². The van der Waals surface area contributed by atoms with E-state index in [-0.39, 0.29) is 0 Å². The number of rotatable bonds is 5. The number of hydrogen-bond donors (Lipinski definition) is 1. The van der Waals surface area contributed by atoms with E-state index in [1.807, 2.05) is 0 Å². The number of pyridine rings is 1. The Kier molecular flexibility index (Phi) is 5.07. The lowest BCUT2D eigenvalue weighted by molar-refractivity contribution is -0.137. The quantitative estimate of drug-likeness (QED) is 0.919. The lowest BCUT2D eigenvalue weighted by Crippen LogP contribution is -2.25. The molecule has 0 bridgehead atoms. The van der Waals surface area contributed by atoms with Gasteiger partial charge in [-0.25, -0.2) is 9.97 Å². The highest BCUT2D eigenvalue weighted by molar-refractivity contribution is 5.49. The Morgan fingerprint density at radius 1 is 1.18 bits per heavy atom. The lowest BCUT2D eigenvalue weighted by Gasteiger charge is -2.11. The molecule has 0 radical (unpaired) electrons. The molecule has 4 nitrogen and oxygen atoms in total. The Bertz CT molecular complexity index is 611. The first-order valence-corrected chi connectivity index (χ1v) is 6.99. The van der Waals surface area contributed by atoms with Crippen molar-refractivity contribution < 1.29 is 13.2 Å². The normalized spacial score (nSPS) is 13.1. The van der Waals surface area contributed by atoms with Gasteiger partial charge in [-0.2, -0.15) is 13.2 Å². The molecule has 0 saturated heterocycles. The van der Waals surface area contributed by atoms with Gasteiger partial charge in [0.05, 0.1) is 11.3 Å². The van der Waals surface area contributed by atoms with E-state index < -0.39 is 11.7 Å². The van der Waals surface area contributed by atoms with Gasteiger partial charge in [-0.15, -0.1) is 0 Å². The standard InChI is InChI=1S/C15H17F3N4/c1-3-10(2)20-9-12-6-7-19-14(22-12)13-5-4-11(8-21-13)15(16,17)18/h4-8,10,20H,3,9H2,1-2H3/t10-/m1/s1. The van der Waals surface area contributed by atoms with E-state index in [0.29, 0.717) is 24.1 Å². The minimum atomic E-state index is -4.39. The van der Waals surface area contributed by atoms with Crippen molar-refractivity contribution in [2.24, 2.45) is 0 Å². The third-order valence-electron chi connectivity index (χ3n) is 3.28. The molecule has 1 atom stereocenters. The van der Waals surface area contributed by atoms with Crippen molar-refractivity contribution in [2.45, 2.75) is 39.0 Å². The summed E-state index contributed by atoms with van der Waals surface area (Å²) >= 11 is 0. The van der Waals surface area contributed by atoms with Crippen LogP contribution in [0.15, 0.2) is 30.6 Å². The third kappa shape index (κ3) is 4.24. The van der Waals surface area contributed by atoms with E-state index in [1.54, 1.807) is 12.3 Å². The maximum absolute atomic E-state index is 12.5. The van der Waals surface area contributed by atoms with Crippen LogP contribution in [0.4, 0.5) is 13.2 Å². The molecular formula is C15H17F3N4. The molecule has 0 spiro atoms. The highest BCUT2D eigenvalue weighted by Crippen LogP contribution is 2.29. The molecule has 2 heterocycles. The van der Waals surface area contributed by atoms with Gasteiger partial charge in [-0.3, -0.25) is 4.98 Å². The minimum absolute atomic E-state index is 0.317. The van der Waals surface area contributed by atoms with Gasteiger partial charge >= 0.3 is 6.18 Å². The molecule has 22 heavy (non-hydrogen) atoms. The summed E-state index contributed by atoms with van der Waals surface area (Å²) in [6, 6.07) is 4.39. The molecule has 0 aromatic carbocycles. The van der Waals surface area contributed by atoms with Crippen LogP contribution in [0.25, 0.3) is 11.5 Å². The summed E-state index contributed by atoms with van der Waals surface area (Å²) < 4.78 is 37.5. The summed E-state index contributed by atoms with van der Waals surface area (Å²) in [7, 11) is 0. The SMILES string of the molecule is CC[C@@H](C)NCc1ccnc(-c2ccc(C(F)(F)F)cn2)n1. The number of alkyl halides is 3. The number of halogens is 3. The molecule has 0 fully saturated rings. The zero-order valence-corrected chi connectivity index (χ0v) is 12.4. The van der Waals surface area contributed by atoms with Gasteiger partial charge in [0.15, 0.2) is 5.82 Å². The Labute approximate surface area is 126 Å². The first kappa shape index (κ1) is 16.4. The van der Waals surface area contributed by atoms with Crippen LogP contribution in [-0.2, 0) is 12.7 Å². The molecule has 118 valence electrons. The van der Waals surface area contributed by atoms with E-state index in [1.165, 1.54) is 6.07 Å². The first-order valence-electron chi connectivity index (χ1n) is 6.99. The average Bonchev–Trinajstić information content (AvgIpc) is 2.52. The average molecular weight is 310 g/mol. The molecule has 2 aromatic heterocycles. The van der Waals surface area contributed by atoms with E-state index in [9.17, 15) is 13.2 Å². The van der Waals surface area contributed by atoms with Crippen molar-refractivity contribution in [1.82, 2.24) is 20.3 Å². The maximum atomic E-state index is 12.5. The zero-order valence-electron chi connectivity index (χ0n) is 12.4. The molecule has 2 aromatic rings. The Hall–Kier alpha value is -2.02. The van der Waals surface area contributed by atoms with E-state index in [0.717, 1.165) is 24.4 Å². The van der Waals surface area contributed by atoms with Crippen LogP contribution in [0.5, 0.6) is 0 Å². The van der Waals surface area contributed by atoms with Crippen molar-refractivity contribution in [3.8, 4) is 11.5 Å². The van der Waals surface area contributed by atoms with Crippen LogP contribution < -0.4 is 5.32 Å². The fraction of sp³-hybridized carbons (Fsp3) is 0.400. The number of nitrogens with one attached hydrogen (secondary N) is 1. The fourth-order valence-electron chi connectivity index (χ4n) is 1.73. The van der Waals surface area contributed by atoms with Crippen LogP contribution in [0.2, 0.25) is 0 Å². The van der Waals surface area contributed by atoms with Gasteiger partial charge in [-0.1, -0.05) is 6.92 Å². The van der Waals surface area contributed by atoms with Crippen LogP contribution in [0.3, 0.4) is 0 Å². The van der Waals surface area contributed by atoms with E-state index in [2.05, 4.69) is 34.1 Å². The fourth-order valence-corrected chi connectivity index (χ4v) is 1.73. The Morgan fingerprint density at radius 2 is 1.95 bits per heavy atom. The van der Waals surface area contributed by atoms with E-state index >= 15 is 0 Å². The lowest BCUT2D eigenvalue weighted by atomic mass is 10.2. The smallest absolute Gasteiger partial charge is 0.309 e. The second kappa shape index (κ2) is 6.83. The van der Waals surface area contributed by atoms with Crippen LogP contribution in [-0.4, -0.2) is 21.0 Å². The highest BCUT2D eigenvalue weighted by atomic mass is 19.4. The summed E-state index contributed by atoms with van der Waals surface area (Å²) in [6.07, 6.45) is -1.02. The van der Waals surface area contributed by atoms with Crippen LogP contribution in [0, 0.1) is 0 Å². The van der Waals surface area contributed by atoms with Crippen molar-refractivity contribution in [1.29, 1.82) is 0 Å². The number of hydrogen-bond acceptors (Lipinski definition) is 4. The second-order valence-electron chi connectivity index (χ2n) is 4.99. The van der Waals surface area contributed by atoms with Gasteiger partial charge in [0.1, 0.15) is 5.69 Å². The maximum Gasteiger partial charge on any atom is 0.417 e.